The third kappa shape index (κ3) is 3.12. The number of hydrogen-bond acceptors (Lipinski definition) is 5. The average molecular weight is 297 g/mol. The number of likely N-dealkylation sites (tertiary alicyclic amines) is 1. The molecule has 0 unspecified atom stereocenters. The number of carbonyl (C=O) groups is 1. The lowest BCUT2D eigenvalue weighted by atomic mass is 10.1. The molecule has 1 aliphatic heterocycles. The van der Waals surface area contributed by atoms with Gasteiger partial charge in [0.15, 0.2) is 0 Å². The van der Waals surface area contributed by atoms with Crippen molar-refractivity contribution in [2.24, 2.45) is 0 Å². The first-order valence-electron chi connectivity index (χ1n) is 7.46. The maximum Gasteiger partial charge on any atom is 0.274 e. The largest absolute Gasteiger partial charge is 0.334 e. The number of nitrogens with zero attached hydrogens (tertiary/aromatic N) is 5. The Morgan fingerprint density at radius 1 is 1.23 bits per heavy atom. The van der Waals surface area contributed by atoms with E-state index in [1.54, 1.807) is 12.4 Å². The first-order chi connectivity index (χ1) is 10.8. The van der Waals surface area contributed by atoms with Gasteiger partial charge in [0.25, 0.3) is 5.91 Å². The highest BCUT2D eigenvalue weighted by Gasteiger charge is 2.35. The van der Waals surface area contributed by atoms with Crippen molar-refractivity contribution in [3.63, 3.8) is 0 Å². The molecular weight excluding hydrogens is 278 g/mol. The van der Waals surface area contributed by atoms with Crippen molar-refractivity contribution in [3.05, 3.63) is 54.4 Å². The third-order valence-corrected chi connectivity index (χ3v) is 3.99. The Bertz CT molecular complexity index is 613. The van der Waals surface area contributed by atoms with E-state index < -0.39 is 0 Å². The Hall–Kier alpha value is -2.34. The van der Waals surface area contributed by atoms with Crippen molar-refractivity contribution < 1.29 is 4.79 Å². The van der Waals surface area contributed by atoms with Gasteiger partial charge >= 0.3 is 0 Å². The van der Waals surface area contributed by atoms with E-state index in [1.807, 2.05) is 29.4 Å². The summed E-state index contributed by atoms with van der Waals surface area (Å²) in [6.45, 7) is 5.48. The summed E-state index contributed by atoms with van der Waals surface area (Å²) in [5, 5.41) is 0. The predicted octanol–water partition coefficient (Wildman–Crippen LogP) is 1.22. The summed E-state index contributed by atoms with van der Waals surface area (Å²) in [6, 6.07) is 4.46. The molecule has 0 radical (unpaired) electrons. The van der Waals surface area contributed by atoms with Crippen LogP contribution in [0, 0.1) is 0 Å². The fourth-order valence-electron chi connectivity index (χ4n) is 2.65. The minimum atomic E-state index is -0.0377. The summed E-state index contributed by atoms with van der Waals surface area (Å²) < 4.78 is 0. The number of rotatable bonds is 5. The quantitative estimate of drug-likeness (QED) is 0.830. The average Bonchev–Trinajstić information content (AvgIpc) is 2.54. The van der Waals surface area contributed by atoms with Crippen molar-refractivity contribution in [2.45, 2.75) is 19.5 Å². The minimum Gasteiger partial charge on any atom is -0.334 e. The van der Waals surface area contributed by atoms with Crippen LogP contribution < -0.4 is 0 Å². The highest BCUT2D eigenvalue weighted by atomic mass is 16.2. The molecule has 1 saturated heterocycles. The zero-order chi connectivity index (χ0) is 15.4. The van der Waals surface area contributed by atoms with Gasteiger partial charge in [-0.2, -0.15) is 0 Å². The lowest BCUT2D eigenvalue weighted by Gasteiger charge is -2.45. The normalized spacial score (nSPS) is 14.9. The molecule has 22 heavy (non-hydrogen) atoms. The molecule has 1 amide bonds. The molecule has 0 spiro atoms. The van der Waals surface area contributed by atoms with Gasteiger partial charge in [0.2, 0.25) is 0 Å². The van der Waals surface area contributed by atoms with Crippen LogP contribution in [-0.4, -0.2) is 56.3 Å². The molecule has 6 heteroatoms. The van der Waals surface area contributed by atoms with Gasteiger partial charge < -0.3 is 4.90 Å². The molecule has 1 fully saturated rings. The van der Waals surface area contributed by atoms with Crippen LogP contribution in [0.2, 0.25) is 0 Å². The number of likely N-dealkylation sites (N-methyl/N-ethyl adjacent to an activating group) is 1. The molecule has 0 N–H and O–H groups in total. The molecule has 0 atom stereocenters. The van der Waals surface area contributed by atoms with E-state index in [0.29, 0.717) is 11.7 Å². The SMILES string of the molecule is CCN(Cc1ccncc1)C1CN(C(=O)c2cnccn2)C1. The van der Waals surface area contributed by atoms with Gasteiger partial charge in [-0.05, 0) is 24.2 Å². The molecule has 114 valence electrons. The second-order valence-corrected chi connectivity index (χ2v) is 5.37. The molecule has 6 nitrogen and oxygen atoms in total. The van der Waals surface area contributed by atoms with Crippen molar-refractivity contribution >= 4 is 5.91 Å². The number of hydrogen-bond donors (Lipinski definition) is 0. The van der Waals surface area contributed by atoms with Crippen LogP contribution in [0.1, 0.15) is 23.0 Å². The standard InChI is InChI=1S/C16H19N5O/c1-2-20(10-13-3-5-17-6-4-13)14-11-21(12-14)16(22)15-9-18-7-8-19-15/h3-9,14H,2,10-12H2,1H3. The van der Waals surface area contributed by atoms with Crippen LogP contribution in [0.15, 0.2) is 43.1 Å². The zero-order valence-electron chi connectivity index (χ0n) is 12.6. The number of amides is 1. The van der Waals surface area contributed by atoms with E-state index in [4.69, 9.17) is 0 Å². The lowest BCUT2D eigenvalue weighted by molar-refractivity contribution is 0.0249. The number of pyridine rings is 1. The molecule has 1 aliphatic rings. The fourth-order valence-corrected chi connectivity index (χ4v) is 2.65. The molecule has 0 bridgehead atoms. The van der Waals surface area contributed by atoms with E-state index in [2.05, 4.69) is 26.8 Å². The van der Waals surface area contributed by atoms with Crippen LogP contribution in [0.25, 0.3) is 0 Å². The van der Waals surface area contributed by atoms with Gasteiger partial charge in [0.1, 0.15) is 5.69 Å². The second kappa shape index (κ2) is 6.62. The van der Waals surface area contributed by atoms with Crippen LogP contribution in [0.5, 0.6) is 0 Å². The van der Waals surface area contributed by atoms with Gasteiger partial charge in [-0.15, -0.1) is 0 Å². The first kappa shape index (κ1) is 14.6. The molecule has 3 rings (SSSR count). The predicted molar refractivity (Wildman–Crippen MR) is 82.0 cm³/mol. The Balaban J connectivity index is 1.56. The minimum absolute atomic E-state index is 0.0377. The molecule has 0 aromatic carbocycles. The van der Waals surface area contributed by atoms with E-state index in [9.17, 15) is 4.79 Å². The van der Waals surface area contributed by atoms with Crippen LogP contribution >= 0.6 is 0 Å². The Kier molecular flexibility index (Phi) is 4.39. The van der Waals surface area contributed by atoms with E-state index in [1.165, 1.54) is 11.8 Å². The summed E-state index contributed by atoms with van der Waals surface area (Å²) in [7, 11) is 0. The van der Waals surface area contributed by atoms with Gasteiger partial charge in [0, 0.05) is 50.5 Å². The van der Waals surface area contributed by atoms with E-state index in [-0.39, 0.29) is 5.91 Å². The van der Waals surface area contributed by atoms with Gasteiger partial charge in [-0.3, -0.25) is 19.7 Å². The summed E-state index contributed by atoms with van der Waals surface area (Å²) in [5.74, 6) is -0.0377. The van der Waals surface area contributed by atoms with Crippen LogP contribution in [0.3, 0.4) is 0 Å². The van der Waals surface area contributed by atoms with Crippen molar-refractivity contribution in [3.8, 4) is 0 Å². The molecule has 2 aromatic heterocycles. The zero-order valence-corrected chi connectivity index (χ0v) is 12.6. The van der Waals surface area contributed by atoms with Crippen molar-refractivity contribution in [1.29, 1.82) is 0 Å². The van der Waals surface area contributed by atoms with E-state index in [0.717, 1.165) is 26.2 Å². The maximum absolute atomic E-state index is 12.2. The summed E-state index contributed by atoms with van der Waals surface area (Å²) >= 11 is 0. The monoisotopic (exact) mass is 297 g/mol. The maximum atomic E-state index is 12.2. The Morgan fingerprint density at radius 3 is 2.64 bits per heavy atom. The van der Waals surface area contributed by atoms with Crippen LogP contribution in [0.4, 0.5) is 0 Å². The first-order valence-corrected chi connectivity index (χ1v) is 7.46. The molecule has 2 aromatic rings. The van der Waals surface area contributed by atoms with Gasteiger partial charge in [-0.25, -0.2) is 4.98 Å². The lowest BCUT2D eigenvalue weighted by Crippen LogP contribution is -2.60. The fraction of sp³-hybridized carbons (Fsp3) is 0.375. The van der Waals surface area contributed by atoms with Gasteiger partial charge in [-0.1, -0.05) is 6.92 Å². The Labute approximate surface area is 129 Å². The summed E-state index contributed by atoms with van der Waals surface area (Å²) in [6.07, 6.45) is 8.27. The van der Waals surface area contributed by atoms with Gasteiger partial charge in [0.05, 0.1) is 6.20 Å². The molecular formula is C16H19N5O. The Morgan fingerprint density at radius 2 is 2.00 bits per heavy atom. The highest BCUT2D eigenvalue weighted by molar-refractivity contribution is 5.92. The smallest absolute Gasteiger partial charge is 0.274 e. The molecule has 0 saturated carbocycles. The topological polar surface area (TPSA) is 62.2 Å². The summed E-state index contributed by atoms with van der Waals surface area (Å²) in [5.41, 5.74) is 1.66. The molecule has 3 heterocycles. The van der Waals surface area contributed by atoms with E-state index >= 15 is 0 Å². The number of carbonyl (C=O) groups excluding carboxylic acids is 1. The summed E-state index contributed by atoms with van der Waals surface area (Å²) in [4.78, 5) is 28.5. The second-order valence-electron chi connectivity index (χ2n) is 5.37. The van der Waals surface area contributed by atoms with Crippen molar-refractivity contribution in [2.75, 3.05) is 19.6 Å². The third-order valence-electron chi connectivity index (χ3n) is 3.99. The highest BCUT2D eigenvalue weighted by Crippen LogP contribution is 2.19. The molecule has 0 aliphatic carbocycles. The van der Waals surface area contributed by atoms with Crippen LogP contribution in [-0.2, 0) is 6.54 Å². The number of aromatic nitrogens is 3. The van der Waals surface area contributed by atoms with Crippen molar-refractivity contribution in [1.82, 2.24) is 24.8 Å².